The summed E-state index contributed by atoms with van der Waals surface area (Å²) in [4.78, 5) is 14.9. The number of rotatable bonds is 0. The molecule has 16 heavy (non-hydrogen) atoms. The van der Waals surface area contributed by atoms with Crippen molar-refractivity contribution in [3.8, 4) is 0 Å². The first-order valence-electron chi connectivity index (χ1n) is 4.85. The molecule has 0 saturated heterocycles. The Bertz CT molecular complexity index is 703. The van der Waals surface area contributed by atoms with E-state index in [1.54, 1.807) is 12.3 Å². The van der Waals surface area contributed by atoms with Crippen LogP contribution in [-0.4, -0.2) is 4.98 Å². The minimum Gasteiger partial charge on any atom is -0.361 e. The van der Waals surface area contributed by atoms with Gasteiger partial charge in [0.2, 0.25) is 0 Å². The van der Waals surface area contributed by atoms with Gasteiger partial charge in [-0.25, -0.2) is 0 Å². The summed E-state index contributed by atoms with van der Waals surface area (Å²) in [7, 11) is 0. The summed E-state index contributed by atoms with van der Waals surface area (Å²) in [5, 5.41) is 2.88. The van der Waals surface area contributed by atoms with E-state index in [0.29, 0.717) is 0 Å². The van der Waals surface area contributed by atoms with E-state index in [4.69, 9.17) is 0 Å². The fourth-order valence-corrected chi connectivity index (χ4v) is 1.95. The third-order valence-electron chi connectivity index (χ3n) is 2.65. The Morgan fingerprint density at radius 2 is 1.75 bits per heavy atom. The topological polar surface area (TPSA) is 32.9 Å². The first-order valence-corrected chi connectivity index (χ1v) is 4.85. The molecule has 0 unspecified atom stereocenters. The Labute approximate surface area is 105 Å². The molecule has 2 aromatic carbocycles. The second-order valence-corrected chi connectivity index (χ2v) is 3.55. The van der Waals surface area contributed by atoms with Crippen molar-refractivity contribution in [2.24, 2.45) is 0 Å². The summed E-state index contributed by atoms with van der Waals surface area (Å²) in [6.07, 6.45) is 1.68. The molecular weight excluding hydrogens is 252 g/mol. The van der Waals surface area contributed by atoms with Crippen LogP contribution in [0, 0.1) is 0 Å². The maximum absolute atomic E-state index is 11.8. The molecule has 0 bridgehead atoms. The van der Waals surface area contributed by atoms with Crippen LogP contribution in [0.25, 0.3) is 21.7 Å². The Kier molecular flexibility index (Phi) is 2.89. The van der Waals surface area contributed by atoms with Gasteiger partial charge in [0.05, 0.1) is 5.39 Å². The Morgan fingerprint density at radius 1 is 0.938 bits per heavy atom. The first-order chi connectivity index (χ1) is 7.36. The van der Waals surface area contributed by atoms with Crippen molar-refractivity contribution < 1.29 is 19.5 Å². The number of aromatic nitrogens is 1. The van der Waals surface area contributed by atoms with Crippen LogP contribution in [0.5, 0.6) is 0 Å². The number of hydrogen-bond donors (Lipinski definition) is 1. The number of pyridine rings is 1. The van der Waals surface area contributed by atoms with Gasteiger partial charge in [-0.1, -0.05) is 30.3 Å². The summed E-state index contributed by atoms with van der Waals surface area (Å²) < 4.78 is 0. The zero-order valence-corrected chi connectivity index (χ0v) is 11.7. The third-order valence-corrected chi connectivity index (χ3v) is 2.65. The normalized spacial score (nSPS) is 10.2. The predicted molar refractivity (Wildman–Crippen MR) is 62.1 cm³/mol. The van der Waals surface area contributed by atoms with Crippen LogP contribution in [-0.2, 0) is 19.5 Å². The van der Waals surface area contributed by atoms with Gasteiger partial charge in [-0.3, -0.25) is 4.79 Å². The third kappa shape index (κ3) is 1.58. The maximum atomic E-state index is 11.8. The van der Waals surface area contributed by atoms with Gasteiger partial charge in [0.15, 0.2) is 5.43 Å². The molecule has 0 aliphatic rings. The van der Waals surface area contributed by atoms with Gasteiger partial charge in [0.1, 0.15) is 0 Å². The van der Waals surface area contributed by atoms with Crippen LogP contribution in [0.3, 0.4) is 0 Å². The first kappa shape index (κ1) is 11.0. The summed E-state index contributed by atoms with van der Waals surface area (Å²) in [5.74, 6) is 0. The summed E-state index contributed by atoms with van der Waals surface area (Å²) >= 11 is 0. The predicted octanol–water partition coefficient (Wildman–Crippen LogP) is 2.68. The second-order valence-electron chi connectivity index (χ2n) is 3.55. The van der Waals surface area contributed by atoms with Gasteiger partial charge in [-0.05, 0) is 16.8 Å². The quantitative estimate of drug-likeness (QED) is 0.489. The van der Waals surface area contributed by atoms with Crippen molar-refractivity contribution >= 4 is 21.7 Å². The summed E-state index contributed by atoms with van der Waals surface area (Å²) in [6, 6.07) is 13.5. The molecule has 74 valence electrons. The summed E-state index contributed by atoms with van der Waals surface area (Å²) in [5.41, 5.74) is 0.960. The second kappa shape index (κ2) is 4.19. The van der Waals surface area contributed by atoms with Crippen molar-refractivity contribution in [3.63, 3.8) is 0 Å². The van der Waals surface area contributed by atoms with Gasteiger partial charge in [0.25, 0.3) is 0 Å². The number of fused-ring (bicyclic) bond motifs is 3. The van der Waals surface area contributed by atoms with Gasteiger partial charge >= 0.3 is 0 Å². The molecular formula is C13H9NOZn. The molecule has 1 aromatic heterocycles. The molecule has 3 rings (SSSR count). The van der Waals surface area contributed by atoms with Crippen molar-refractivity contribution in [2.45, 2.75) is 0 Å². The molecule has 0 spiro atoms. The van der Waals surface area contributed by atoms with Crippen LogP contribution in [0.15, 0.2) is 53.5 Å². The molecule has 1 N–H and O–H groups in total. The van der Waals surface area contributed by atoms with E-state index in [9.17, 15) is 4.79 Å². The van der Waals surface area contributed by atoms with E-state index in [1.807, 2.05) is 36.4 Å². The van der Waals surface area contributed by atoms with Crippen molar-refractivity contribution in [1.82, 2.24) is 4.98 Å². The van der Waals surface area contributed by atoms with E-state index < -0.39 is 0 Å². The number of hydrogen-bond acceptors (Lipinski definition) is 1. The number of H-pyrrole nitrogens is 1. The molecule has 0 saturated carbocycles. The molecule has 0 aliphatic carbocycles. The fourth-order valence-electron chi connectivity index (χ4n) is 1.95. The van der Waals surface area contributed by atoms with Crippen molar-refractivity contribution in [2.75, 3.05) is 0 Å². The van der Waals surface area contributed by atoms with E-state index in [1.165, 1.54) is 0 Å². The van der Waals surface area contributed by atoms with E-state index in [2.05, 4.69) is 4.98 Å². The average Bonchev–Trinajstić information content (AvgIpc) is 2.29. The zero-order valence-electron chi connectivity index (χ0n) is 8.73. The molecule has 0 fully saturated rings. The van der Waals surface area contributed by atoms with Crippen LogP contribution < -0.4 is 5.43 Å². The minimum absolute atomic E-state index is 0. The average molecular weight is 261 g/mol. The molecule has 3 aromatic rings. The van der Waals surface area contributed by atoms with E-state index >= 15 is 0 Å². The molecule has 0 amide bonds. The molecule has 0 aliphatic heterocycles. The van der Waals surface area contributed by atoms with Crippen LogP contribution in [0.1, 0.15) is 0 Å². The van der Waals surface area contributed by atoms with Crippen LogP contribution >= 0.6 is 0 Å². The monoisotopic (exact) mass is 259 g/mol. The molecule has 2 nitrogen and oxygen atoms in total. The fraction of sp³-hybridized carbons (Fsp3) is 0. The molecule has 0 atom stereocenters. The van der Waals surface area contributed by atoms with Gasteiger partial charge < -0.3 is 4.98 Å². The zero-order chi connectivity index (χ0) is 10.3. The molecule has 1 heterocycles. The maximum Gasteiger partial charge on any atom is 0.189 e. The van der Waals surface area contributed by atoms with Gasteiger partial charge in [-0.2, -0.15) is 0 Å². The minimum atomic E-state index is 0. The Hall–Kier alpha value is -1.47. The standard InChI is InChI=1S/C13H9NO.Zn/c15-12-7-8-14-11-6-5-9-3-1-2-4-10(9)13(11)12;/h1-8H,(H,14,15);. The Morgan fingerprint density at radius 3 is 2.62 bits per heavy atom. The van der Waals surface area contributed by atoms with Gasteiger partial charge in [0, 0.05) is 37.3 Å². The Balaban J connectivity index is 0.000000963. The van der Waals surface area contributed by atoms with Crippen molar-refractivity contribution in [1.29, 1.82) is 0 Å². The number of nitrogens with one attached hydrogen (secondary N) is 1. The summed E-state index contributed by atoms with van der Waals surface area (Å²) in [6.45, 7) is 0. The largest absolute Gasteiger partial charge is 0.361 e. The smallest absolute Gasteiger partial charge is 0.189 e. The van der Waals surface area contributed by atoms with Crippen LogP contribution in [0.2, 0.25) is 0 Å². The molecule has 3 heteroatoms. The van der Waals surface area contributed by atoms with Crippen molar-refractivity contribution in [3.05, 3.63) is 58.9 Å². The van der Waals surface area contributed by atoms with Crippen LogP contribution in [0.4, 0.5) is 0 Å². The van der Waals surface area contributed by atoms with Gasteiger partial charge in [-0.15, -0.1) is 0 Å². The number of benzene rings is 2. The SMILES string of the molecule is O=c1cc[nH]c2ccc3ccccc3c12.[Zn]. The van der Waals surface area contributed by atoms with E-state index in [0.717, 1.165) is 21.7 Å². The number of aromatic amines is 1. The molecule has 0 radical (unpaired) electrons. The van der Waals surface area contributed by atoms with E-state index in [-0.39, 0.29) is 24.9 Å².